The van der Waals surface area contributed by atoms with Crippen molar-refractivity contribution in [2.75, 3.05) is 0 Å². The Morgan fingerprint density at radius 1 is 0.696 bits per heavy atom. The number of carbonyl (C=O) groups excluding carboxylic acids is 2. The number of non-ortho nitro benzene ring substituents is 2. The van der Waals surface area contributed by atoms with E-state index in [0.717, 1.165) is 0 Å². The lowest BCUT2D eigenvalue weighted by molar-refractivity contribution is -0.385. The van der Waals surface area contributed by atoms with Crippen LogP contribution in [-0.4, -0.2) is 21.4 Å². The standard InChI is InChI=1S/C15H10N2O6/c18-14(10-1-5-12(6-2-10)16(20)21)9-15(19)11-3-7-13(8-4-11)17(22)23/h1-8H,9H2. The Morgan fingerprint density at radius 2 is 1.00 bits per heavy atom. The van der Waals surface area contributed by atoms with E-state index in [9.17, 15) is 29.8 Å². The van der Waals surface area contributed by atoms with Crippen molar-refractivity contribution in [1.82, 2.24) is 0 Å². The minimum atomic E-state index is -0.587. The highest BCUT2D eigenvalue weighted by Crippen LogP contribution is 2.16. The molecule has 0 aliphatic carbocycles. The highest BCUT2D eigenvalue weighted by atomic mass is 16.6. The summed E-state index contributed by atoms with van der Waals surface area (Å²) < 4.78 is 0. The zero-order valence-corrected chi connectivity index (χ0v) is 11.7. The van der Waals surface area contributed by atoms with Gasteiger partial charge in [0.25, 0.3) is 11.4 Å². The van der Waals surface area contributed by atoms with Gasteiger partial charge in [0.1, 0.15) is 0 Å². The van der Waals surface area contributed by atoms with Crippen molar-refractivity contribution in [3.8, 4) is 0 Å². The van der Waals surface area contributed by atoms with Crippen LogP contribution in [0.5, 0.6) is 0 Å². The number of benzene rings is 2. The Hall–Kier alpha value is -3.42. The molecule has 0 amide bonds. The molecule has 2 aromatic carbocycles. The van der Waals surface area contributed by atoms with Crippen LogP contribution < -0.4 is 0 Å². The molecule has 0 unspecified atom stereocenters. The van der Waals surface area contributed by atoms with E-state index < -0.39 is 27.8 Å². The molecule has 23 heavy (non-hydrogen) atoms. The second kappa shape index (κ2) is 6.56. The molecule has 116 valence electrons. The van der Waals surface area contributed by atoms with Gasteiger partial charge in [0.05, 0.1) is 16.3 Å². The van der Waals surface area contributed by atoms with Gasteiger partial charge in [-0.3, -0.25) is 29.8 Å². The van der Waals surface area contributed by atoms with Crippen molar-refractivity contribution >= 4 is 22.9 Å². The quantitative estimate of drug-likeness (QED) is 0.350. The minimum absolute atomic E-state index is 0.150. The normalized spacial score (nSPS) is 10.1. The van der Waals surface area contributed by atoms with Crippen molar-refractivity contribution in [2.24, 2.45) is 0 Å². The maximum atomic E-state index is 12.0. The average molecular weight is 314 g/mol. The van der Waals surface area contributed by atoms with Crippen LogP contribution in [0.1, 0.15) is 27.1 Å². The number of hydrogen-bond acceptors (Lipinski definition) is 6. The molecule has 0 heterocycles. The number of ketones is 2. The SMILES string of the molecule is O=C(CC(=O)c1ccc([N+](=O)[O-])cc1)c1ccc([N+](=O)[O-])cc1. The van der Waals surface area contributed by atoms with Gasteiger partial charge in [-0.2, -0.15) is 0 Å². The van der Waals surface area contributed by atoms with E-state index in [0.29, 0.717) is 0 Å². The Bertz CT molecular complexity index is 713. The lowest BCUT2D eigenvalue weighted by atomic mass is 10.0. The fourth-order valence-electron chi connectivity index (χ4n) is 1.89. The Kier molecular flexibility index (Phi) is 4.55. The van der Waals surface area contributed by atoms with Crippen LogP contribution in [0.4, 0.5) is 11.4 Å². The molecule has 2 rings (SSSR count). The summed E-state index contributed by atoms with van der Waals surface area (Å²) in [5, 5.41) is 21.1. The molecule has 8 heteroatoms. The molecule has 0 saturated carbocycles. The molecule has 0 aliphatic rings. The van der Waals surface area contributed by atoms with E-state index in [-0.39, 0.29) is 22.5 Å². The Balaban J connectivity index is 2.08. The van der Waals surface area contributed by atoms with E-state index in [1.807, 2.05) is 0 Å². The van der Waals surface area contributed by atoms with Gasteiger partial charge in [-0.15, -0.1) is 0 Å². The number of nitro groups is 2. The van der Waals surface area contributed by atoms with Gasteiger partial charge in [-0.05, 0) is 24.3 Å². The van der Waals surface area contributed by atoms with E-state index in [2.05, 4.69) is 0 Å². The summed E-state index contributed by atoms with van der Waals surface area (Å²) in [6.45, 7) is 0. The van der Waals surface area contributed by atoms with Crippen LogP contribution in [-0.2, 0) is 0 Å². The average Bonchev–Trinajstić information content (AvgIpc) is 2.54. The van der Waals surface area contributed by atoms with Crippen LogP contribution in [0.3, 0.4) is 0 Å². The molecule has 0 fully saturated rings. The Morgan fingerprint density at radius 3 is 1.26 bits per heavy atom. The zero-order valence-electron chi connectivity index (χ0n) is 11.7. The molecule has 0 atom stereocenters. The maximum absolute atomic E-state index is 12.0. The monoisotopic (exact) mass is 314 g/mol. The van der Waals surface area contributed by atoms with Gasteiger partial charge in [-0.25, -0.2) is 0 Å². The van der Waals surface area contributed by atoms with Crippen molar-refractivity contribution in [3.63, 3.8) is 0 Å². The van der Waals surface area contributed by atoms with E-state index in [4.69, 9.17) is 0 Å². The van der Waals surface area contributed by atoms with Crippen LogP contribution in [0.25, 0.3) is 0 Å². The first kappa shape index (κ1) is 16.0. The molecule has 0 radical (unpaired) electrons. The summed E-state index contributed by atoms with van der Waals surface area (Å²) in [4.78, 5) is 43.9. The minimum Gasteiger partial charge on any atom is -0.294 e. The highest BCUT2D eigenvalue weighted by molar-refractivity contribution is 6.13. The molecular weight excluding hydrogens is 304 g/mol. The lowest BCUT2D eigenvalue weighted by Gasteiger charge is -2.01. The predicted octanol–water partition coefficient (Wildman–Crippen LogP) is 2.96. The van der Waals surface area contributed by atoms with Gasteiger partial charge in [0.15, 0.2) is 11.6 Å². The van der Waals surface area contributed by atoms with E-state index >= 15 is 0 Å². The number of carbonyl (C=O) groups is 2. The van der Waals surface area contributed by atoms with Crippen LogP contribution in [0, 0.1) is 20.2 Å². The molecule has 0 aliphatic heterocycles. The summed E-state index contributed by atoms with van der Waals surface area (Å²) in [6, 6.07) is 9.86. The van der Waals surface area contributed by atoms with Crippen LogP contribution in [0.15, 0.2) is 48.5 Å². The molecule has 0 N–H and O–H groups in total. The first-order valence-electron chi connectivity index (χ1n) is 6.44. The number of nitrogens with zero attached hydrogens (tertiary/aromatic N) is 2. The second-order valence-corrected chi connectivity index (χ2v) is 4.63. The molecule has 0 spiro atoms. The molecule has 0 aromatic heterocycles. The van der Waals surface area contributed by atoms with Gasteiger partial charge in [0.2, 0.25) is 0 Å². The summed E-state index contributed by atoms with van der Waals surface area (Å²) in [7, 11) is 0. The maximum Gasteiger partial charge on any atom is 0.269 e. The van der Waals surface area contributed by atoms with Crippen LogP contribution >= 0.6 is 0 Å². The van der Waals surface area contributed by atoms with Gasteiger partial charge < -0.3 is 0 Å². The summed E-state index contributed by atoms with van der Waals surface area (Å²) in [5.41, 5.74) is 0.0724. The van der Waals surface area contributed by atoms with Crippen molar-refractivity contribution in [2.45, 2.75) is 6.42 Å². The van der Waals surface area contributed by atoms with Gasteiger partial charge >= 0.3 is 0 Å². The third-order valence-corrected chi connectivity index (χ3v) is 3.12. The first-order chi connectivity index (χ1) is 10.9. The first-order valence-corrected chi connectivity index (χ1v) is 6.44. The van der Waals surface area contributed by atoms with E-state index in [1.165, 1.54) is 48.5 Å². The molecular formula is C15H10N2O6. The molecule has 0 bridgehead atoms. The predicted molar refractivity (Wildman–Crippen MR) is 79.5 cm³/mol. The van der Waals surface area contributed by atoms with Crippen LogP contribution in [0.2, 0.25) is 0 Å². The summed E-state index contributed by atoms with van der Waals surface area (Å²) >= 11 is 0. The van der Waals surface area contributed by atoms with Gasteiger partial charge in [0, 0.05) is 35.4 Å². The fraction of sp³-hybridized carbons (Fsp3) is 0.0667. The molecule has 2 aromatic rings. The smallest absolute Gasteiger partial charge is 0.269 e. The van der Waals surface area contributed by atoms with Crippen molar-refractivity contribution in [1.29, 1.82) is 0 Å². The lowest BCUT2D eigenvalue weighted by Crippen LogP contribution is -2.08. The number of rotatable bonds is 6. The Labute approximate surface area is 129 Å². The highest BCUT2D eigenvalue weighted by Gasteiger charge is 2.16. The fourth-order valence-corrected chi connectivity index (χ4v) is 1.89. The summed E-state index contributed by atoms with van der Waals surface area (Å²) in [5.74, 6) is -0.966. The third kappa shape index (κ3) is 3.82. The van der Waals surface area contributed by atoms with E-state index in [1.54, 1.807) is 0 Å². The number of nitro benzene ring substituents is 2. The third-order valence-electron chi connectivity index (χ3n) is 3.12. The zero-order chi connectivity index (χ0) is 17.0. The number of hydrogen-bond donors (Lipinski definition) is 0. The van der Waals surface area contributed by atoms with Crippen molar-refractivity contribution in [3.05, 3.63) is 79.9 Å². The van der Waals surface area contributed by atoms with Gasteiger partial charge in [-0.1, -0.05) is 0 Å². The second-order valence-electron chi connectivity index (χ2n) is 4.63. The molecule has 8 nitrogen and oxygen atoms in total. The van der Waals surface area contributed by atoms with Crippen molar-refractivity contribution < 1.29 is 19.4 Å². The summed E-state index contributed by atoms with van der Waals surface area (Å²) in [6.07, 6.45) is -0.421. The molecule has 0 saturated heterocycles. The topological polar surface area (TPSA) is 120 Å². The number of Topliss-reactive ketones (excluding diaryl/α,β-unsaturated/α-hetero) is 2. The largest absolute Gasteiger partial charge is 0.294 e.